The molecule has 1 aromatic rings. The first-order chi connectivity index (χ1) is 8.04. The third-order valence-corrected chi connectivity index (χ3v) is 2.93. The zero-order chi connectivity index (χ0) is 12.8. The Kier molecular flexibility index (Phi) is 5.77. The van der Waals surface area contributed by atoms with Gasteiger partial charge in [0.15, 0.2) is 5.11 Å². The molecule has 0 spiro atoms. The largest absolute Gasteiger partial charge is 0.362 e. The topological polar surface area (TPSA) is 24.1 Å². The molecule has 0 aliphatic carbocycles. The number of unbranched alkanes of at least 4 members (excludes halogenated alkanes) is 1. The normalized spacial score (nSPS) is 10.1. The third kappa shape index (κ3) is 4.55. The smallest absolute Gasteiger partial charge is 0.170 e. The minimum atomic E-state index is -0.557. The van der Waals surface area contributed by atoms with Gasteiger partial charge in [-0.3, -0.25) is 0 Å². The Labute approximate surface area is 113 Å². The number of nitrogens with one attached hydrogen (secondary N) is 2. The molecular weight excluding hydrogens is 310 g/mol. The van der Waals surface area contributed by atoms with Gasteiger partial charge in [-0.2, -0.15) is 0 Å². The maximum absolute atomic E-state index is 13.4. The Hall–Kier alpha value is -0.750. The predicted molar refractivity (Wildman–Crippen MR) is 73.2 cm³/mol. The molecule has 0 atom stereocenters. The average Bonchev–Trinajstić information content (AvgIpc) is 2.26. The molecule has 1 aromatic carbocycles. The molecule has 2 nitrogen and oxygen atoms in total. The fraction of sp³-hybridized carbons (Fsp3) is 0.364. The summed E-state index contributed by atoms with van der Waals surface area (Å²) in [7, 11) is 0. The average molecular weight is 323 g/mol. The van der Waals surface area contributed by atoms with Crippen molar-refractivity contribution in [2.24, 2.45) is 0 Å². The number of hydrogen-bond donors (Lipinski definition) is 2. The lowest BCUT2D eigenvalue weighted by Gasteiger charge is -2.11. The summed E-state index contributed by atoms with van der Waals surface area (Å²) >= 11 is 7.87. The van der Waals surface area contributed by atoms with E-state index in [4.69, 9.17) is 12.2 Å². The third-order valence-electron chi connectivity index (χ3n) is 2.07. The molecule has 0 fully saturated rings. The minimum Gasteiger partial charge on any atom is -0.362 e. The second kappa shape index (κ2) is 6.86. The van der Waals surface area contributed by atoms with Gasteiger partial charge in [0.25, 0.3) is 0 Å². The van der Waals surface area contributed by atoms with E-state index in [1.807, 2.05) is 0 Å². The second-order valence-corrected chi connectivity index (χ2v) is 4.74. The van der Waals surface area contributed by atoms with Crippen molar-refractivity contribution in [2.75, 3.05) is 11.9 Å². The van der Waals surface area contributed by atoms with Gasteiger partial charge < -0.3 is 10.6 Å². The quantitative estimate of drug-likeness (QED) is 0.500. The van der Waals surface area contributed by atoms with E-state index < -0.39 is 11.6 Å². The summed E-state index contributed by atoms with van der Waals surface area (Å²) in [5, 5.41) is 5.83. The number of benzene rings is 1. The van der Waals surface area contributed by atoms with Crippen molar-refractivity contribution < 1.29 is 8.78 Å². The van der Waals surface area contributed by atoms with Gasteiger partial charge in [-0.1, -0.05) is 13.3 Å². The maximum Gasteiger partial charge on any atom is 0.170 e. The van der Waals surface area contributed by atoms with Gasteiger partial charge in [0.2, 0.25) is 0 Å². The highest BCUT2D eigenvalue weighted by molar-refractivity contribution is 9.10. The van der Waals surface area contributed by atoms with E-state index in [1.165, 1.54) is 0 Å². The van der Waals surface area contributed by atoms with Crippen molar-refractivity contribution >= 4 is 38.9 Å². The highest BCUT2D eigenvalue weighted by Gasteiger charge is 2.09. The van der Waals surface area contributed by atoms with E-state index in [0.29, 0.717) is 11.7 Å². The first-order valence-electron chi connectivity index (χ1n) is 5.24. The van der Waals surface area contributed by atoms with E-state index in [0.717, 1.165) is 25.0 Å². The van der Waals surface area contributed by atoms with Crippen molar-refractivity contribution in [3.05, 3.63) is 28.2 Å². The summed E-state index contributed by atoms with van der Waals surface area (Å²) in [6.45, 7) is 2.77. The van der Waals surface area contributed by atoms with Gasteiger partial charge in [0.1, 0.15) is 11.6 Å². The van der Waals surface area contributed by atoms with Crippen molar-refractivity contribution in [2.45, 2.75) is 19.8 Å². The molecule has 0 unspecified atom stereocenters. The van der Waals surface area contributed by atoms with Crippen LogP contribution in [0.25, 0.3) is 0 Å². The molecule has 0 radical (unpaired) electrons. The Morgan fingerprint density at radius 3 is 2.71 bits per heavy atom. The Balaban J connectivity index is 2.62. The van der Waals surface area contributed by atoms with Crippen LogP contribution in [0, 0.1) is 11.6 Å². The van der Waals surface area contributed by atoms with Crippen molar-refractivity contribution in [3.63, 3.8) is 0 Å². The maximum atomic E-state index is 13.4. The zero-order valence-electron chi connectivity index (χ0n) is 9.32. The van der Waals surface area contributed by atoms with Crippen molar-refractivity contribution in [1.82, 2.24) is 5.32 Å². The van der Waals surface area contributed by atoms with Crippen LogP contribution in [0.1, 0.15) is 19.8 Å². The number of anilines is 1. The van der Waals surface area contributed by atoms with E-state index in [-0.39, 0.29) is 10.2 Å². The van der Waals surface area contributed by atoms with E-state index in [2.05, 4.69) is 33.5 Å². The van der Waals surface area contributed by atoms with E-state index in [1.54, 1.807) is 0 Å². The number of thiocarbonyl (C=S) groups is 1. The SMILES string of the molecule is CCCCNC(=S)Nc1cc(F)c(Br)cc1F. The molecule has 2 N–H and O–H groups in total. The molecule has 0 aromatic heterocycles. The standard InChI is InChI=1S/C11H13BrF2N2S/c1-2-3-4-15-11(17)16-10-6-8(13)7(12)5-9(10)14/h5-6H,2-4H2,1H3,(H2,15,16,17). The number of hydrogen-bond acceptors (Lipinski definition) is 1. The lowest BCUT2D eigenvalue weighted by molar-refractivity contribution is 0.598. The van der Waals surface area contributed by atoms with Gasteiger partial charge >= 0.3 is 0 Å². The van der Waals surface area contributed by atoms with Crippen LogP contribution in [0.3, 0.4) is 0 Å². The van der Waals surface area contributed by atoms with E-state index >= 15 is 0 Å². The Morgan fingerprint density at radius 1 is 1.35 bits per heavy atom. The first kappa shape index (κ1) is 14.3. The lowest BCUT2D eigenvalue weighted by atomic mass is 10.3. The van der Waals surface area contributed by atoms with Crippen LogP contribution in [0.5, 0.6) is 0 Å². The van der Waals surface area contributed by atoms with Crippen molar-refractivity contribution in [1.29, 1.82) is 0 Å². The molecule has 0 aliphatic heterocycles. The highest BCUT2D eigenvalue weighted by Crippen LogP contribution is 2.23. The van der Waals surface area contributed by atoms with Crippen LogP contribution in [0.4, 0.5) is 14.5 Å². The summed E-state index contributed by atoms with van der Waals surface area (Å²) in [5.41, 5.74) is 0.0275. The summed E-state index contributed by atoms with van der Waals surface area (Å²) in [6, 6.07) is 2.12. The monoisotopic (exact) mass is 322 g/mol. The fourth-order valence-electron chi connectivity index (χ4n) is 1.16. The predicted octanol–water partition coefficient (Wildman–Crippen LogP) is 3.81. The summed E-state index contributed by atoms with van der Waals surface area (Å²) in [4.78, 5) is 0. The van der Waals surface area contributed by atoms with Crippen LogP contribution in [0.2, 0.25) is 0 Å². The van der Waals surface area contributed by atoms with Crippen LogP contribution in [-0.4, -0.2) is 11.7 Å². The van der Waals surface area contributed by atoms with Crippen molar-refractivity contribution in [3.8, 4) is 0 Å². The van der Waals surface area contributed by atoms with Crippen LogP contribution < -0.4 is 10.6 Å². The molecule has 6 heteroatoms. The molecule has 94 valence electrons. The Bertz CT molecular complexity index is 413. The molecule has 0 saturated heterocycles. The Morgan fingerprint density at radius 2 is 2.06 bits per heavy atom. The highest BCUT2D eigenvalue weighted by atomic mass is 79.9. The van der Waals surface area contributed by atoms with Gasteiger partial charge in [0.05, 0.1) is 10.2 Å². The lowest BCUT2D eigenvalue weighted by Crippen LogP contribution is -2.29. The van der Waals surface area contributed by atoms with Gasteiger partial charge in [-0.15, -0.1) is 0 Å². The fourth-order valence-corrected chi connectivity index (χ4v) is 1.69. The molecule has 0 bridgehead atoms. The number of rotatable bonds is 4. The molecular formula is C11H13BrF2N2S. The zero-order valence-corrected chi connectivity index (χ0v) is 11.7. The van der Waals surface area contributed by atoms with Crippen LogP contribution in [0.15, 0.2) is 16.6 Å². The second-order valence-electron chi connectivity index (χ2n) is 3.48. The summed E-state index contributed by atoms with van der Waals surface area (Å²) in [6.07, 6.45) is 2.01. The molecule has 17 heavy (non-hydrogen) atoms. The van der Waals surface area contributed by atoms with Crippen LogP contribution >= 0.6 is 28.1 Å². The minimum absolute atomic E-state index is 0.0275. The van der Waals surface area contributed by atoms with Gasteiger partial charge in [-0.25, -0.2) is 8.78 Å². The molecule has 0 saturated carbocycles. The summed E-state index contributed by atoms with van der Waals surface area (Å²) < 4.78 is 26.7. The molecule has 0 amide bonds. The van der Waals surface area contributed by atoms with Gasteiger partial charge in [0, 0.05) is 12.6 Å². The van der Waals surface area contributed by atoms with Gasteiger partial charge in [-0.05, 0) is 40.6 Å². The summed E-state index contributed by atoms with van der Waals surface area (Å²) in [5.74, 6) is -1.09. The molecule has 0 aliphatic rings. The van der Waals surface area contributed by atoms with E-state index in [9.17, 15) is 8.78 Å². The first-order valence-corrected chi connectivity index (χ1v) is 6.44. The van der Waals surface area contributed by atoms with Crippen LogP contribution in [-0.2, 0) is 0 Å². The molecule has 0 heterocycles. The number of halogens is 3. The molecule has 1 rings (SSSR count).